The van der Waals surface area contributed by atoms with Crippen molar-refractivity contribution >= 4 is 52.5 Å². The van der Waals surface area contributed by atoms with E-state index in [1.165, 1.54) is 12.1 Å². The summed E-state index contributed by atoms with van der Waals surface area (Å²) in [6.07, 6.45) is 8.04. The number of piperidine rings is 3. The van der Waals surface area contributed by atoms with Gasteiger partial charge in [0.05, 0.1) is 28.9 Å². The predicted molar refractivity (Wildman–Crippen MR) is 250 cm³/mol. The van der Waals surface area contributed by atoms with E-state index in [1.54, 1.807) is 29.4 Å². The molecule has 2 aromatic carbocycles. The highest BCUT2D eigenvalue weighted by atomic mass is 19.1. The van der Waals surface area contributed by atoms with Gasteiger partial charge in [0.1, 0.15) is 35.6 Å². The standard InChI is InChI=1S/C49H63F2N11O5/c1-48(2)12-20-59(21-13-48)28-33-24-36(51)39(25-35(33)50)61-29-43(64)56-49(30-61)14-22-60(23-15-49)41-26-40(53-31-54-41)57(3)18-10-32-11-19-58(27-32)17-5-16-52-37-7-4-6-34-44(37)47(67)62(46(34)66)38-8-9-42(63)55-45(38)65/h4,6-7,24-26,31-32,38,52H,5,8-23,27-30H2,1-3H3,(H,56,64)(H,55,63,65)/t32-,38?/m1/s1. The zero-order chi connectivity index (χ0) is 47.0. The molecular formula is C49H63F2N11O5. The molecule has 5 fully saturated rings. The number of fused-ring (bicyclic) bond motifs is 1. The largest absolute Gasteiger partial charge is 0.384 e. The van der Waals surface area contributed by atoms with E-state index in [0.717, 1.165) is 87.9 Å². The summed E-state index contributed by atoms with van der Waals surface area (Å²) in [7, 11) is 2.05. The number of nitrogens with zero attached hydrogens (tertiary/aromatic N) is 8. The van der Waals surface area contributed by atoms with Crippen molar-refractivity contribution in [1.29, 1.82) is 0 Å². The average Bonchev–Trinajstić information content (AvgIpc) is 3.86. The third-order valence-corrected chi connectivity index (χ3v) is 15.0. The minimum atomic E-state index is -1.00. The van der Waals surface area contributed by atoms with E-state index in [2.05, 4.69) is 59.4 Å². The Morgan fingerprint density at radius 3 is 2.43 bits per heavy atom. The zero-order valence-corrected chi connectivity index (χ0v) is 38.9. The first kappa shape index (κ1) is 46.4. The van der Waals surface area contributed by atoms with Gasteiger partial charge in [-0.1, -0.05) is 19.9 Å². The van der Waals surface area contributed by atoms with Crippen LogP contribution < -0.4 is 30.7 Å². The van der Waals surface area contributed by atoms with Gasteiger partial charge < -0.3 is 30.2 Å². The van der Waals surface area contributed by atoms with Crippen LogP contribution in [-0.2, 0) is 20.9 Å². The molecule has 358 valence electrons. The molecule has 1 aromatic heterocycles. The van der Waals surface area contributed by atoms with Crippen molar-refractivity contribution in [2.75, 3.05) is 99.1 Å². The first-order valence-electron chi connectivity index (χ1n) is 24.0. The molecule has 6 aliphatic heterocycles. The molecule has 5 amide bonds. The maximum atomic E-state index is 15.7. The summed E-state index contributed by atoms with van der Waals surface area (Å²) in [5.74, 6) is -1.01. The number of rotatable bonds is 14. The Kier molecular flexibility index (Phi) is 13.2. The summed E-state index contributed by atoms with van der Waals surface area (Å²) in [4.78, 5) is 84.8. The van der Waals surface area contributed by atoms with Crippen LogP contribution >= 0.6 is 0 Å². The van der Waals surface area contributed by atoms with Crippen molar-refractivity contribution in [3.05, 3.63) is 71.1 Å². The summed E-state index contributed by atoms with van der Waals surface area (Å²) in [5.41, 5.74) is 1.28. The Bertz CT molecular complexity index is 2400. The molecule has 18 heteroatoms. The van der Waals surface area contributed by atoms with Gasteiger partial charge >= 0.3 is 0 Å². The Balaban J connectivity index is 0.718. The lowest BCUT2D eigenvalue weighted by Crippen LogP contribution is -2.66. The van der Waals surface area contributed by atoms with Gasteiger partial charge in [-0.25, -0.2) is 18.7 Å². The van der Waals surface area contributed by atoms with E-state index >= 15 is 8.78 Å². The van der Waals surface area contributed by atoms with Crippen LogP contribution in [0.15, 0.2) is 42.7 Å². The number of benzene rings is 2. The van der Waals surface area contributed by atoms with E-state index in [9.17, 15) is 24.0 Å². The van der Waals surface area contributed by atoms with Gasteiger partial charge in [0, 0.05) is 82.7 Å². The van der Waals surface area contributed by atoms with Gasteiger partial charge in [0.25, 0.3) is 11.8 Å². The zero-order valence-electron chi connectivity index (χ0n) is 38.9. The van der Waals surface area contributed by atoms with E-state index in [-0.39, 0.29) is 47.5 Å². The molecule has 7 heterocycles. The summed E-state index contributed by atoms with van der Waals surface area (Å²) in [6, 6.07) is 8.71. The van der Waals surface area contributed by atoms with Crippen LogP contribution in [0.5, 0.6) is 0 Å². The minimum Gasteiger partial charge on any atom is -0.384 e. The number of piperazine rings is 1. The molecule has 3 N–H and O–H groups in total. The monoisotopic (exact) mass is 923 g/mol. The summed E-state index contributed by atoms with van der Waals surface area (Å²) in [6.45, 7) is 12.5. The van der Waals surface area contributed by atoms with E-state index in [0.29, 0.717) is 62.7 Å². The minimum absolute atomic E-state index is 0.0251. The molecule has 0 saturated carbocycles. The molecule has 1 spiro atoms. The highest BCUT2D eigenvalue weighted by Gasteiger charge is 2.46. The van der Waals surface area contributed by atoms with Crippen LogP contribution in [0.1, 0.15) is 97.9 Å². The van der Waals surface area contributed by atoms with Crippen LogP contribution in [0.2, 0.25) is 0 Å². The van der Waals surface area contributed by atoms with Gasteiger partial charge in [-0.3, -0.25) is 39.1 Å². The summed E-state index contributed by atoms with van der Waals surface area (Å²) >= 11 is 0. The smallest absolute Gasteiger partial charge is 0.264 e. The lowest BCUT2D eigenvalue weighted by Gasteiger charge is -2.48. The maximum absolute atomic E-state index is 15.7. The molecule has 0 aliphatic carbocycles. The topological polar surface area (TPSA) is 167 Å². The number of aromatic nitrogens is 2. The van der Waals surface area contributed by atoms with E-state index in [4.69, 9.17) is 0 Å². The van der Waals surface area contributed by atoms with Crippen molar-refractivity contribution in [3.63, 3.8) is 0 Å². The highest BCUT2D eigenvalue weighted by molar-refractivity contribution is 6.25. The van der Waals surface area contributed by atoms with Gasteiger partial charge in [0.15, 0.2) is 0 Å². The van der Waals surface area contributed by atoms with Gasteiger partial charge in [-0.05, 0) is 107 Å². The van der Waals surface area contributed by atoms with Crippen LogP contribution in [0.4, 0.5) is 31.8 Å². The van der Waals surface area contributed by atoms with E-state index in [1.807, 2.05) is 13.1 Å². The third-order valence-electron chi connectivity index (χ3n) is 15.0. The number of nitrogens with one attached hydrogen (secondary N) is 3. The number of hydrogen-bond donors (Lipinski definition) is 3. The van der Waals surface area contributed by atoms with Crippen molar-refractivity contribution in [1.82, 2.24) is 35.3 Å². The third kappa shape index (κ3) is 10.1. The van der Waals surface area contributed by atoms with Crippen molar-refractivity contribution in [3.8, 4) is 0 Å². The van der Waals surface area contributed by atoms with Gasteiger partial charge in [0.2, 0.25) is 17.7 Å². The number of amides is 5. The maximum Gasteiger partial charge on any atom is 0.264 e. The molecule has 1 unspecified atom stereocenters. The van der Waals surface area contributed by atoms with Crippen LogP contribution in [0, 0.1) is 23.0 Å². The molecular weight excluding hydrogens is 861 g/mol. The quantitative estimate of drug-likeness (QED) is 0.154. The Morgan fingerprint density at radius 1 is 0.866 bits per heavy atom. The number of likely N-dealkylation sites (tertiary alicyclic amines) is 2. The van der Waals surface area contributed by atoms with Gasteiger partial charge in [-0.2, -0.15) is 0 Å². The molecule has 2 atom stereocenters. The molecule has 0 bridgehead atoms. The molecule has 6 aliphatic rings. The lowest BCUT2D eigenvalue weighted by molar-refractivity contribution is -0.136. The fourth-order valence-electron chi connectivity index (χ4n) is 10.8. The molecule has 9 rings (SSSR count). The van der Waals surface area contributed by atoms with Crippen LogP contribution in [0.3, 0.4) is 0 Å². The van der Waals surface area contributed by atoms with Crippen LogP contribution in [-0.4, -0.2) is 145 Å². The fraction of sp³-hybridized carbons (Fsp3) is 0.571. The fourth-order valence-corrected chi connectivity index (χ4v) is 10.8. The summed E-state index contributed by atoms with van der Waals surface area (Å²) < 4.78 is 31.2. The highest BCUT2D eigenvalue weighted by Crippen LogP contribution is 2.36. The number of imide groups is 2. The molecule has 16 nitrogen and oxygen atoms in total. The molecule has 67 heavy (non-hydrogen) atoms. The number of carbonyl (C=O) groups is 5. The normalized spacial score (nSPS) is 23.2. The van der Waals surface area contributed by atoms with Crippen molar-refractivity contribution in [2.45, 2.75) is 89.8 Å². The van der Waals surface area contributed by atoms with Crippen molar-refractivity contribution in [2.24, 2.45) is 11.3 Å². The number of carbonyl (C=O) groups excluding carboxylic acids is 5. The summed E-state index contributed by atoms with van der Waals surface area (Å²) in [5, 5.41) is 8.81. The molecule has 5 saturated heterocycles. The first-order valence-corrected chi connectivity index (χ1v) is 24.0. The Labute approximate surface area is 390 Å². The Morgan fingerprint density at radius 2 is 1.66 bits per heavy atom. The number of halogens is 2. The first-order chi connectivity index (χ1) is 32.1. The average molecular weight is 924 g/mol. The van der Waals surface area contributed by atoms with E-state index < -0.39 is 46.8 Å². The number of anilines is 4. The predicted octanol–water partition coefficient (Wildman–Crippen LogP) is 4.40. The van der Waals surface area contributed by atoms with Gasteiger partial charge in [-0.15, -0.1) is 0 Å². The van der Waals surface area contributed by atoms with Crippen molar-refractivity contribution < 1.29 is 32.8 Å². The van der Waals surface area contributed by atoms with Crippen LogP contribution in [0.25, 0.3) is 0 Å². The molecule has 0 radical (unpaired) electrons. The second kappa shape index (κ2) is 19.1. The Hall–Kier alpha value is -5.75. The number of hydrogen-bond acceptors (Lipinski definition) is 13. The molecule has 3 aromatic rings. The second-order valence-corrected chi connectivity index (χ2v) is 20.4. The SMILES string of the molecule is CN(CC[C@@H]1CCN(CCCNc2cccc3c2C(=O)N(C2CCC(=O)NC2=O)C3=O)C1)c1cc(N2CCC3(CC2)CN(c2cc(F)c(CN4CCC(C)(C)CC4)cc2F)CC(=O)N3)ncn1. The lowest BCUT2D eigenvalue weighted by atomic mass is 9.82. The second-order valence-electron chi connectivity index (χ2n) is 20.4.